The first kappa shape index (κ1) is 14.8. The lowest BCUT2D eigenvalue weighted by atomic mass is 10.2. The zero-order chi connectivity index (χ0) is 15.2. The number of ether oxygens (including phenoxy) is 1. The Kier molecular flexibility index (Phi) is 4.69. The number of methoxy groups -OCH3 is 1. The van der Waals surface area contributed by atoms with Crippen molar-refractivity contribution in [3.8, 4) is 6.07 Å². The maximum Gasteiger partial charge on any atom is 0.332 e. The number of benzene rings is 1. The number of carbonyl (C=O) groups excluding carboxylic acids is 1. The van der Waals surface area contributed by atoms with Crippen LogP contribution >= 0.6 is 11.3 Å². The van der Waals surface area contributed by atoms with Crippen LogP contribution in [0.1, 0.15) is 5.56 Å². The van der Waals surface area contributed by atoms with Crippen LogP contribution in [0.2, 0.25) is 0 Å². The molecule has 0 unspecified atom stereocenters. The molecule has 1 aromatic heterocycles. The molecule has 0 aliphatic heterocycles. The van der Waals surface area contributed by atoms with Crippen molar-refractivity contribution >= 4 is 29.5 Å². The van der Waals surface area contributed by atoms with E-state index in [0.717, 1.165) is 23.0 Å². The summed E-state index contributed by atoms with van der Waals surface area (Å²) >= 11 is 1.09. The highest BCUT2D eigenvalue weighted by molar-refractivity contribution is 7.07. The second-order valence-corrected chi connectivity index (χ2v) is 5.18. The second kappa shape index (κ2) is 6.68. The molecule has 6 heteroatoms. The SMILES string of the molecule is COC(=O)/C=c1/s/c(=C/C#N)n(Cc2ccccc2)c1=O. The van der Waals surface area contributed by atoms with E-state index in [1.807, 2.05) is 36.4 Å². The van der Waals surface area contributed by atoms with Crippen LogP contribution in [0.25, 0.3) is 12.2 Å². The van der Waals surface area contributed by atoms with Gasteiger partial charge in [0.2, 0.25) is 0 Å². The summed E-state index contributed by atoms with van der Waals surface area (Å²) in [5, 5.41) is 8.82. The molecule has 0 amide bonds. The Hall–Kier alpha value is -2.65. The molecule has 0 aliphatic carbocycles. The predicted molar refractivity (Wildman–Crippen MR) is 79.9 cm³/mol. The Morgan fingerprint density at radius 2 is 2.14 bits per heavy atom. The van der Waals surface area contributed by atoms with Gasteiger partial charge in [0.15, 0.2) is 0 Å². The quantitative estimate of drug-likeness (QED) is 0.760. The number of hydrogen-bond donors (Lipinski definition) is 0. The van der Waals surface area contributed by atoms with E-state index in [0.29, 0.717) is 11.2 Å². The molecule has 0 atom stereocenters. The van der Waals surface area contributed by atoms with E-state index in [4.69, 9.17) is 5.26 Å². The molecule has 0 aliphatic rings. The molecule has 0 N–H and O–H groups in total. The molecule has 0 spiro atoms. The van der Waals surface area contributed by atoms with Crippen LogP contribution in [0.15, 0.2) is 35.1 Å². The normalized spacial score (nSPS) is 12.2. The van der Waals surface area contributed by atoms with Crippen molar-refractivity contribution in [1.29, 1.82) is 5.26 Å². The monoisotopic (exact) mass is 300 g/mol. The van der Waals surface area contributed by atoms with Crippen molar-refractivity contribution < 1.29 is 9.53 Å². The van der Waals surface area contributed by atoms with Gasteiger partial charge < -0.3 is 4.74 Å². The van der Waals surface area contributed by atoms with Crippen LogP contribution in [0.3, 0.4) is 0 Å². The van der Waals surface area contributed by atoms with Gasteiger partial charge in [0.25, 0.3) is 5.56 Å². The van der Waals surface area contributed by atoms with Gasteiger partial charge in [-0.3, -0.25) is 9.36 Å². The molecule has 0 saturated heterocycles. The van der Waals surface area contributed by atoms with E-state index in [1.165, 1.54) is 17.8 Å². The summed E-state index contributed by atoms with van der Waals surface area (Å²) in [5.74, 6) is -0.594. The van der Waals surface area contributed by atoms with Crippen LogP contribution in [0.5, 0.6) is 0 Å². The van der Waals surface area contributed by atoms with Gasteiger partial charge in [-0.05, 0) is 5.56 Å². The van der Waals surface area contributed by atoms with Crippen molar-refractivity contribution in [2.24, 2.45) is 0 Å². The van der Waals surface area contributed by atoms with Crippen molar-refractivity contribution in [2.45, 2.75) is 6.54 Å². The van der Waals surface area contributed by atoms with E-state index < -0.39 is 5.97 Å². The first-order valence-electron chi connectivity index (χ1n) is 6.08. The Balaban J connectivity index is 2.58. The fourth-order valence-electron chi connectivity index (χ4n) is 1.78. The van der Waals surface area contributed by atoms with Crippen molar-refractivity contribution in [3.63, 3.8) is 0 Å². The summed E-state index contributed by atoms with van der Waals surface area (Å²) in [6, 6.07) is 11.3. The summed E-state index contributed by atoms with van der Waals surface area (Å²) < 4.78 is 6.75. The zero-order valence-electron chi connectivity index (χ0n) is 11.3. The fourth-order valence-corrected chi connectivity index (χ4v) is 2.73. The Labute approximate surface area is 124 Å². The number of carbonyl (C=O) groups is 1. The van der Waals surface area contributed by atoms with Gasteiger partial charge in [-0.15, -0.1) is 11.3 Å². The molecule has 2 rings (SSSR count). The van der Waals surface area contributed by atoms with E-state index in [1.54, 1.807) is 0 Å². The standard InChI is InChI=1S/C15H12N2O3S/c1-20-14(18)9-12-15(19)17(13(21-12)7-8-16)10-11-5-3-2-4-6-11/h2-7,9H,10H2,1H3/b12-9+,13-7+. The largest absolute Gasteiger partial charge is 0.466 e. The molecular weight excluding hydrogens is 288 g/mol. The lowest BCUT2D eigenvalue weighted by Gasteiger charge is -2.01. The predicted octanol–water partition coefficient (Wildman–Crippen LogP) is 0.216. The van der Waals surface area contributed by atoms with Crippen LogP contribution in [-0.4, -0.2) is 17.6 Å². The maximum absolute atomic E-state index is 12.3. The fraction of sp³-hybridized carbons (Fsp3) is 0.133. The van der Waals surface area contributed by atoms with E-state index in [2.05, 4.69) is 4.74 Å². The van der Waals surface area contributed by atoms with Gasteiger partial charge in [0.1, 0.15) is 9.20 Å². The van der Waals surface area contributed by atoms with Crippen molar-refractivity contribution in [2.75, 3.05) is 7.11 Å². The number of hydrogen-bond acceptors (Lipinski definition) is 5. The lowest BCUT2D eigenvalue weighted by Crippen LogP contribution is -2.32. The average molecular weight is 300 g/mol. The molecule has 0 radical (unpaired) electrons. The number of nitriles is 1. The number of esters is 1. The molecule has 0 saturated carbocycles. The van der Waals surface area contributed by atoms with Gasteiger partial charge in [0.05, 0.1) is 19.7 Å². The summed E-state index contributed by atoms with van der Waals surface area (Å²) in [7, 11) is 1.25. The minimum absolute atomic E-state index is 0.249. The van der Waals surface area contributed by atoms with Gasteiger partial charge in [0, 0.05) is 12.2 Å². The van der Waals surface area contributed by atoms with E-state index in [9.17, 15) is 9.59 Å². The number of aromatic nitrogens is 1. The molecule has 1 heterocycles. The van der Waals surface area contributed by atoms with E-state index >= 15 is 0 Å². The number of rotatable bonds is 3. The summed E-state index contributed by atoms with van der Waals surface area (Å²) in [6.45, 7) is 0.346. The molecular formula is C15H12N2O3S. The summed E-state index contributed by atoms with van der Waals surface area (Å²) in [6.07, 6.45) is 2.44. The first-order valence-corrected chi connectivity index (χ1v) is 6.90. The van der Waals surface area contributed by atoms with Crippen LogP contribution in [-0.2, 0) is 16.1 Å². The topological polar surface area (TPSA) is 72.1 Å². The number of thiazole rings is 1. The Morgan fingerprint density at radius 1 is 1.43 bits per heavy atom. The van der Waals surface area contributed by atoms with Crippen molar-refractivity contribution in [1.82, 2.24) is 4.57 Å². The highest BCUT2D eigenvalue weighted by Gasteiger charge is 2.07. The van der Waals surface area contributed by atoms with Gasteiger partial charge in [-0.25, -0.2) is 4.79 Å². The van der Waals surface area contributed by atoms with Crippen LogP contribution in [0.4, 0.5) is 0 Å². The highest BCUT2D eigenvalue weighted by Crippen LogP contribution is 1.98. The third kappa shape index (κ3) is 3.46. The van der Waals surface area contributed by atoms with Crippen LogP contribution < -0.4 is 14.8 Å². The average Bonchev–Trinajstić information content (AvgIpc) is 2.77. The molecule has 106 valence electrons. The van der Waals surface area contributed by atoms with Crippen molar-refractivity contribution in [3.05, 3.63) is 55.4 Å². The molecule has 0 bridgehead atoms. The smallest absolute Gasteiger partial charge is 0.332 e. The zero-order valence-corrected chi connectivity index (χ0v) is 12.1. The molecule has 21 heavy (non-hydrogen) atoms. The van der Waals surface area contributed by atoms with Gasteiger partial charge >= 0.3 is 5.97 Å². The lowest BCUT2D eigenvalue weighted by molar-refractivity contribution is -0.133. The third-order valence-electron chi connectivity index (χ3n) is 2.76. The molecule has 1 aromatic carbocycles. The highest BCUT2D eigenvalue weighted by atomic mass is 32.1. The Bertz CT molecular complexity index is 857. The maximum atomic E-state index is 12.3. The minimum atomic E-state index is -0.594. The van der Waals surface area contributed by atoms with Crippen LogP contribution in [0, 0.1) is 11.3 Å². The summed E-state index contributed by atoms with van der Waals surface area (Å²) in [4.78, 5) is 23.6. The molecule has 2 aromatic rings. The minimum Gasteiger partial charge on any atom is -0.466 e. The Morgan fingerprint density at radius 3 is 2.76 bits per heavy atom. The van der Waals surface area contributed by atoms with Gasteiger partial charge in [-0.2, -0.15) is 5.26 Å². The second-order valence-electron chi connectivity index (χ2n) is 4.12. The number of nitrogens with zero attached hydrogens (tertiary/aromatic N) is 2. The van der Waals surface area contributed by atoms with E-state index in [-0.39, 0.29) is 10.1 Å². The third-order valence-corrected chi connectivity index (χ3v) is 3.82. The summed E-state index contributed by atoms with van der Waals surface area (Å²) in [5.41, 5.74) is 0.630. The molecule has 0 fully saturated rings. The van der Waals surface area contributed by atoms with Gasteiger partial charge in [-0.1, -0.05) is 30.3 Å². The first-order chi connectivity index (χ1) is 10.2. The molecule has 5 nitrogen and oxygen atoms in total.